The van der Waals surface area contributed by atoms with E-state index >= 15 is 0 Å². The number of benzene rings is 1. The maximum absolute atomic E-state index is 11.8. The molecule has 1 N–H and O–H groups in total. The first-order chi connectivity index (χ1) is 8.33. The summed E-state index contributed by atoms with van der Waals surface area (Å²) in [6, 6.07) is 11.5. The summed E-state index contributed by atoms with van der Waals surface area (Å²) in [4.78, 5) is 11.8. The number of nitrogens with zero attached hydrogens (tertiary/aromatic N) is 1. The molecule has 0 radical (unpaired) electrons. The van der Waals surface area contributed by atoms with Crippen molar-refractivity contribution in [1.82, 2.24) is 9.88 Å². The molecule has 1 aromatic heterocycles. The van der Waals surface area contributed by atoms with Gasteiger partial charge in [0.05, 0.1) is 5.52 Å². The molecule has 0 amide bonds. The molecule has 0 aliphatic heterocycles. The highest BCUT2D eigenvalue weighted by atomic mass is 16.1. The Kier molecular flexibility index (Phi) is 3.94. The molecule has 0 atom stereocenters. The lowest BCUT2D eigenvalue weighted by atomic mass is 10.2. The van der Waals surface area contributed by atoms with Crippen molar-refractivity contribution in [2.45, 2.75) is 19.9 Å². The molecular formula is C14H18N2O. The van der Waals surface area contributed by atoms with Crippen LogP contribution >= 0.6 is 0 Å². The fourth-order valence-electron chi connectivity index (χ4n) is 2.01. The zero-order valence-electron chi connectivity index (χ0n) is 10.1. The normalized spacial score (nSPS) is 10.9. The monoisotopic (exact) mass is 230 g/mol. The van der Waals surface area contributed by atoms with Gasteiger partial charge in [-0.2, -0.15) is 0 Å². The molecule has 1 heterocycles. The Balaban J connectivity index is 2.25. The highest BCUT2D eigenvalue weighted by Gasteiger charge is 2.01. The summed E-state index contributed by atoms with van der Waals surface area (Å²) in [5, 5.41) is 4.39. The lowest BCUT2D eigenvalue weighted by Gasteiger charge is -2.09. The average molecular weight is 230 g/mol. The molecule has 1 aromatic carbocycles. The van der Waals surface area contributed by atoms with Crippen molar-refractivity contribution in [2.75, 3.05) is 13.1 Å². The average Bonchev–Trinajstić information content (AvgIpc) is 2.37. The minimum absolute atomic E-state index is 0.0835. The Labute approximate surface area is 101 Å². The summed E-state index contributed by atoms with van der Waals surface area (Å²) in [7, 11) is 0. The van der Waals surface area contributed by atoms with Gasteiger partial charge < -0.3 is 9.88 Å². The molecule has 0 fully saturated rings. The van der Waals surface area contributed by atoms with Crippen LogP contribution in [0.2, 0.25) is 0 Å². The topological polar surface area (TPSA) is 34.0 Å². The molecule has 0 bridgehead atoms. The van der Waals surface area contributed by atoms with E-state index in [1.54, 1.807) is 6.07 Å². The quantitative estimate of drug-likeness (QED) is 0.797. The molecule has 0 aliphatic rings. The Morgan fingerprint density at radius 3 is 2.82 bits per heavy atom. The van der Waals surface area contributed by atoms with E-state index < -0.39 is 0 Å². The zero-order valence-corrected chi connectivity index (χ0v) is 10.1. The first-order valence-corrected chi connectivity index (χ1v) is 6.12. The van der Waals surface area contributed by atoms with Crippen molar-refractivity contribution in [3.8, 4) is 0 Å². The van der Waals surface area contributed by atoms with E-state index in [1.807, 2.05) is 34.9 Å². The maximum atomic E-state index is 11.8. The van der Waals surface area contributed by atoms with Gasteiger partial charge in [-0.05, 0) is 37.0 Å². The lowest BCUT2D eigenvalue weighted by molar-refractivity contribution is 0.592. The van der Waals surface area contributed by atoms with Crippen LogP contribution in [0.25, 0.3) is 10.9 Å². The van der Waals surface area contributed by atoms with Crippen molar-refractivity contribution in [3.05, 3.63) is 46.8 Å². The lowest BCUT2D eigenvalue weighted by Crippen LogP contribution is -2.22. The number of pyridine rings is 1. The van der Waals surface area contributed by atoms with Crippen molar-refractivity contribution < 1.29 is 0 Å². The summed E-state index contributed by atoms with van der Waals surface area (Å²) >= 11 is 0. The first-order valence-electron chi connectivity index (χ1n) is 6.12. The van der Waals surface area contributed by atoms with Gasteiger partial charge in [-0.25, -0.2) is 0 Å². The predicted octanol–water partition coefficient (Wildman–Crippen LogP) is 2.00. The third kappa shape index (κ3) is 2.74. The van der Waals surface area contributed by atoms with Gasteiger partial charge in [0.15, 0.2) is 0 Å². The van der Waals surface area contributed by atoms with Crippen LogP contribution in [0.1, 0.15) is 13.3 Å². The van der Waals surface area contributed by atoms with Crippen LogP contribution in [0, 0.1) is 0 Å². The molecule has 3 nitrogen and oxygen atoms in total. The van der Waals surface area contributed by atoms with Gasteiger partial charge in [-0.1, -0.05) is 25.1 Å². The minimum atomic E-state index is 0.0835. The molecule has 2 aromatic rings. The third-order valence-electron chi connectivity index (χ3n) is 2.88. The highest BCUT2D eigenvalue weighted by Crippen LogP contribution is 2.10. The number of para-hydroxylation sites is 1. The molecule has 0 spiro atoms. The summed E-state index contributed by atoms with van der Waals surface area (Å²) in [6.45, 7) is 4.79. The van der Waals surface area contributed by atoms with Crippen LogP contribution in [-0.4, -0.2) is 17.7 Å². The van der Waals surface area contributed by atoms with Crippen molar-refractivity contribution >= 4 is 10.9 Å². The molecular weight excluding hydrogens is 212 g/mol. The van der Waals surface area contributed by atoms with Gasteiger partial charge in [-0.3, -0.25) is 4.79 Å². The van der Waals surface area contributed by atoms with Gasteiger partial charge in [0.1, 0.15) is 0 Å². The number of hydrogen-bond acceptors (Lipinski definition) is 2. The molecule has 17 heavy (non-hydrogen) atoms. The summed E-state index contributed by atoms with van der Waals surface area (Å²) < 4.78 is 1.85. The largest absolute Gasteiger partial charge is 0.317 e. The molecule has 0 aliphatic carbocycles. The standard InChI is InChI=1S/C14H18N2O/c1-2-15-10-5-11-16-13-7-4-3-6-12(13)8-9-14(16)17/h3-4,6-9,15H,2,5,10-11H2,1H3. The van der Waals surface area contributed by atoms with Crippen molar-refractivity contribution in [3.63, 3.8) is 0 Å². The van der Waals surface area contributed by atoms with Crippen LogP contribution in [0.4, 0.5) is 0 Å². The van der Waals surface area contributed by atoms with Crippen LogP contribution < -0.4 is 10.9 Å². The number of aryl methyl sites for hydroxylation is 1. The zero-order chi connectivity index (χ0) is 12.1. The molecule has 3 heteroatoms. The Hall–Kier alpha value is -1.61. The number of hydrogen-bond donors (Lipinski definition) is 1. The maximum Gasteiger partial charge on any atom is 0.251 e. The van der Waals surface area contributed by atoms with E-state index in [0.29, 0.717) is 0 Å². The van der Waals surface area contributed by atoms with E-state index in [-0.39, 0.29) is 5.56 Å². The molecule has 0 unspecified atom stereocenters. The summed E-state index contributed by atoms with van der Waals surface area (Å²) in [5.41, 5.74) is 1.11. The number of rotatable bonds is 5. The highest BCUT2D eigenvalue weighted by molar-refractivity contribution is 5.78. The van der Waals surface area contributed by atoms with Gasteiger partial charge >= 0.3 is 0 Å². The second-order valence-electron chi connectivity index (χ2n) is 4.09. The summed E-state index contributed by atoms with van der Waals surface area (Å²) in [6.07, 6.45) is 0.974. The number of nitrogens with one attached hydrogen (secondary N) is 1. The Morgan fingerprint density at radius 2 is 2.00 bits per heavy atom. The summed E-state index contributed by atoms with van der Waals surface area (Å²) in [5.74, 6) is 0. The van der Waals surface area contributed by atoms with E-state index in [2.05, 4.69) is 12.2 Å². The van der Waals surface area contributed by atoms with Gasteiger partial charge in [0.25, 0.3) is 5.56 Å². The first kappa shape index (κ1) is 11.9. The SMILES string of the molecule is CCNCCCn1c(=O)ccc2ccccc21. The minimum Gasteiger partial charge on any atom is -0.317 e. The predicted molar refractivity (Wildman–Crippen MR) is 71.4 cm³/mol. The molecule has 90 valence electrons. The number of aromatic nitrogens is 1. The van der Waals surface area contributed by atoms with E-state index in [4.69, 9.17) is 0 Å². The smallest absolute Gasteiger partial charge is 0.251 e. The van der Waals surface area contributed by atoms with Gasteiger partial charge in [0.2, 0.25) is 0 Å². The molecule has 0 saturated heterocycles. The fraction of sp³-hybridized carbons (Fsp3) is 0.357. The third-order valence-corrected chi connectivity index (χ3v) is 2.88. The van der Waals surface area contributed by atoms with E-state index in [0.717, 1.165) is 37.0 Å². The van der Waals surface area contributed by atoms with Gasteiger partial charge in [-0.15, -0.1) is 0 Å². The van der Waals surface area contributed by atoms with Gasteiger partial charge in [0, 0.05) is 12.6 Å². The van der Waals surface area contributed by atoms with Crippen LogP contribution in [0.15, 0.2) is 41.2 Å². The van der Waals surface area contributed by atoms with Crippen molar-refractivity contribution in [1.29, 1.82) is 0 Å². The van der Waals surface area contributed by atoms with Crippen molar-refractivity contribution in [2.24, 2.45) is 0 Å². The fourth-order valence-corrected chi connectivity index (χ4v) is 2.01. The Morgan fingerprint density at radius 1 is 1.18 bits per heavy atom. The van der Waals surface area contributed by atoms with Crippen LogP contribution in [0.5, 0.6) is 0 Å². The van der Waals surface area contributed by atoms with E-state index in [1.165, 1.54) is 0 Å². The Bertz CT molecular complexity index is 545. The molecule has 0 saturated carbocycles. The second kappa shape index (κ2) is 5.64. The van der Waals surface area contributed by atoms with Crippen LogP contribution in [0.3, 0.4) is 0 Å². The molecule has 2 rings (SSSR count). The van der Waals surface area contributed by atoms with Crippen LogP contribution in [-0.2, 0) is 6.54 Å². The van der Waals surface area contributed by atoms with E-state index in [9.17, 15) is 4.79 Å². The second-order valence-corrected chi connectivity index (χ2v) is 4.09. The number of fused-ring (bicyclic) bond motifs is 1.